The molecule has 1 saturated heterocycles. The number of nitrogens with one attached hydrogen (secondary N) is 1. The molecule has 0 spiro atoms. The van der Waals surface area contributed by atoms with Gasteiger partial charge in [-0.05, 0) is 37.3 Å². The van der Waals surface area contributed by atoms with Crippen LogP contribution >= 0.6 is 0 Å². The maximum atomic E-state index is 13.3. The Morgan fingerprint density at radius 1 is 1.11 bits per heavy atom. The molecule has 1 aliphatic heterocycles. The zero-order valence-corrected chi connectivity index (χ0v) is 20.7. The van der Waals surface area contributed by atoms with Crippen LogP contribution in [0.3, 0.4) is 0 Å². The highest BCUT2D eigenvalue weighted by molar-refractivity contribution is 5.95. The number of aromatic nitrogens is 2. The Morgan fingerprint density at radius 3 is 2.56 bits per heavy atom. The van der Waals surface area contributed by atoms with Gasteiger partial charge in [-0.3, -0.25) is 4.79 Å². The third-order valence-electron chi connectivity index (χ3n) is 7.15. The molecule has 1 aliphatic carbocycles. The van der Waals surface area contributed by atoms with E-state index in [0.717, 1.165) is 37.8 Å². The first-order valence-electron chi connectivity index (χ1n) is 12.4. The van der Waals surface area contributed by atoms with Crippen molar-refractivity contribution in [2.75, 3.05) is 27.3 Å². The lowest BCUT2D eigenvalue weighted by molar-refractivity contribution is -0.137. The summed E-state index contributed by atoms with van der Waals surface area (Å²) in [5, 5.41) is 3.74. The lowest BCUT2D eigenvalue weighted by Crippen LogP contribution is -2.52. The van der Waals surface area contributed by atoms with Gasteiger partial charge < -0.3 is 19.7 Å². The number of rotatable bonds is 7. The number of halogens is 3. The van der Waals surface area contributed by atoms with Gasteiger partial charge >= 0.3 is 6.18 Å². The molecule has 2 aromatic rings. The van der Waals surface area contributed by atoms with Crippen LogP contribution in [-0.2, 0) is 17.3 Å². The summed E-state index contributed by atoms with van der Waals surface area (Å²) in [6.45, 7) is 1.16. The average molecular weight is 507 g/mol. The minimum absolute atomic E-state index is 0.0872. The van der Waals surface area contributed by atoms with Gasteiger partial charge in [0.25, 0.3) is 5.91 Å². The number of carbonyl (C=O) groups is 1. The van der Waals surface area contributed by atoms with Crippen molar-refractivity contribution in [2.45, 2.75) is 69.3 Å². The van der Waals surface area contributed by atoms with Crippen LogP contribution in [0.5, 0.6) is 5.75 Å². The van der Waals surface area contributed by atoms with Gasteiger partial charge in [-0.2, -0.15) is 13.2 Å². The molecular formula is C26H33F3N4O3. The van der Waals surface area contributed by atoms with E-state index in [4.69, 9.17) is 9.47 Å². The van der Waals surface area contributed by atoms with E-state index in [2.05, 4.69) is 15.3 Å². The normalized spacial score (nSPS) is 21.4. The molecule has 2 heterocycles. The molecule has 2 atom stereocenters. The fourth-order valence-electron chi connectivity index (χ4n) is 5.23. The van der Waals surface area contributed by atoms with Crippen molar-refractivity contribution >= 4 is 5.91 Å². The topological polar surface area (TPSA) is 76.6 Å². The molecule has 0 unspecified atom stereocenters. The van der Waals surface area contributed by atoms with E-state index in [1.54, 1.807) is 18.1 Å². The third kappa shape index (κ3) is 6.15. The van der Waals surface area contributed by atoms with Gasteiger partial charge in [0.15, 0.2) is 11.4 Å². The Balaban J connectivity index is 1.42. The number of likely N-dealkylation sites (tertiary alicyclic amines) is 1. The van der Waals surface area contributed by atoms with E-state index in [1.807, 2.05) is 0 Å². The third-order valence-corrected chi connectivity index (χ3v) is 7.15. The van der Waals surface area contributed by atoms with Crippen molar-refractivity contribution in [2.24, 2.45) is 0 Å². The number of methoxy groups -OCH3 is 2. The monoisotopic (exact) mass is 506 g/mol. The van der Waals surface area contributed by atoms with Gasteiger partial charge in [0.1, 0.15) is 6.33 Å². The SMILES string of the molecule is COc1c(Cc2cccc(C(F)(F)F)c2)ncnc1C(=O)N1CCC(N[C@@H]2CCCC[C@@H]2OC)CC1. The molecule has 196 valence electrons. The van der Waals surface area contributed by atoms with Gasteiger partial charge in [0, 0.05) is 38.7 Å². The van der Waals surface area contributed by atoms with Crippen molar-refractivity contribution in [3.63, 3.8) is 0 Å². The number of ether oxygens (including phenoxy) is 2. The molecule has 1 aromatic carbocycles. The second-order valence-corrected chi connectivity index (χ2v) is 9.48. The highest BCUT2D eigenvalue weighted by atomic mass is 19.4. The lowest BCUT2D eigenvalue weighted by Gasteiger charge is -2.38. The molecule has 1 N–H and O–H groups in total. The molecule has 2 aliphatic rings. The van der Waals surface area contributed by atoms with Crippen molar-refractivity contribution in [3.05, 3.63) is 53.1 Å². The highest BCUT2D eigenvalue weighted by Gasteiger charge is 2.32. The Hall–Kier alpha value is -2.72. The van der Waals surface area contributed by atoms with Crippen LogP contribution in [0.25, 0.3) is 0 Å². The largest absolute Gasteiger partial charge is 0.492 e. The summed E-state index contributed by atoms with van der Waals surface area (Å²) < 4.78 is 50.5. The van der Waals surface area contributed by atoms with Crippen LogP contribution in [0, 0.1) is 0 Å². The summed E-state index contributed by atoms with van der Waals surface area (Å²) in [6, 6.07) is 5.73. The van der Waals surface area contributed by atoms with E-state index in [1.165, 1.54) is 32.3 Å². The number of piperidine rings is 1. The van der Waals surface area contributed by atoms with E-state index >= 15 is 0 Å². The second kappa shape index (κ2) is 11.6. The van der Waals surface area contributed by atoms with Gasteiger partial charge in [-0.15, -0.1) is 0 Å². The molecule has 10 heteroatoms. The highest BCUT2D eigenvalue weighted by Crippen LogP contribution is 2.31. The zero-order chi connectivity index (χ0) is 25.7. The molecule has 0 radical (unpaired) electrons. The maximum Gasteiger partial charge on any atom is 0.416 e. The number of hydrogen-bond donors (Lipinski definition) is 1. The smallest absolute Gasteiger partial charge is 0.416 e. The first-order valence-corrected chi connectivity index (χ1v) is 12.4. The minimum atomic E-state index is -4.44. The van der Waals surface area contributed by atoms with E-state index in [0.29, 0.717) is 36.4 Å². The van der Waals surface area contributed by atoms with E-state index in [-0.39, 0.29) is 29.9 Å². The summed E-state index contributed by atoms with van der Waals surface area (Å²) in [5.41, 5.74) is 0.192. The van der Waals surface area contributed by atoms with Crippen molar-refractivity contribution in [1.29, 1.82) is 0 Å². The number of alkyl halides is 3. The van der Waals surface area contributed by atoms with Crippen molar-refractivity contribution < 1.29 is 27.4 Å². The Bertz CT molecular complexity index is 1040. The van der Waals surface area contributed by atoms with Gasteiger partial charge in [0.2, 0.25) is 0 Å². The zero-order valence-electron chi connectivity index (χ0n) is 20.7. The van der Waals surface area contributed by atoms with Crippen LogP contribution in [0.1, 0.15) is 65.8 Å². The van der Waals surface area contributed by atoms with Crippen LogP contribution in [-0.4, -0.2) is 66.3 Å². The summed E-state index contributed by atoms with van der Waals surface area (Å²) in [5.74, 6) is -0.0595. The molecule has 4 rings (SSSR count). The molecule has 36 heavy (non-hydrogen) atoms. The number of amides is 1. The van der Waals surface area contributed by atoms with Gasteiger partial charge in [-0.25, -0.2) is 9.97 Å². The number of hydrogen-bond acceptors (Lipinski definition) is 6. The predicted molar refractivity (Wildman–Crippen MR) is 128 cm³/mol. The Kier molecular flexibility index (Phi) is 8.46. The molecule has 2 fully saturated rings. The number of nitrogens with zero attached hydrogens (tertiary/aromatic N) is 3. The van der Waals surface area contributed by atoms with Crippen LogP contribution in [0.15, 0.2) is 30.6 Å². The van der Waals surface area contributed by atoms with Crippen LogP contribution < -0.4 is 10.1 Å². The van der Waals surface area contributed by atoms with E-state index in [9.17, 15) is 18.0 Å². The molecular weight excluding hydrogens is 473 g/mol. The fourth-order valence-corrected chi connectivity index (χ4v) is 5.23. The maximum absolute atomic E-state index is 13.3. The van der Waals surface area contributed by atoms with Gasteiger partial charge in [-0.1, -0.05) is 31.0 Å². The average Bonchev–Trinajstić information content (AvgIpc) is 2.88. The Labute approximate surface area is 209 Å². The molecule has 1 saturated carbocycles. The summed E-state index contributed by atoms with van der Waals surface area (Å²) in [6.07, 6.45) is 3.36. The first-order chi connectivity index (χ1) is 17.3. The quantitative estimate of drug-likeness (QED) is 0.605. The lowest BCUT2D eigenvalue weighted by atomic mass is 9.90. The van der Waals surface area contributed by atoms with Crippen LogP contribution in [0.4, 0.5) is 13.2 Å². The van der Waals surface area contributed by atoms with Crippen molar-refractivity contribution in [3.8, 4) is 5.75 Å². The number of carbonyl (C=O) groups excluding carboxylic acids is 1. The Morgan fingerprint density at radius 2 is 1.86 bits per heavy atom. The fraction of sp³-hybridized carbons (Fsp3) is 0.577. The van der Waals surface area contributed by atoms with Gasteiger partial charge in [0.05, 0.1) is 24.5 Å². The van der Waals surface area contributed by atoms with Crippen molar-refractivity contribution in [1.82, 2.24) is 20.2 Å². The predicted octanol–water partition coefficient (Wildman–Crippen LogP) is 4.25. The molecule has 1 aromatic heterocycles. The number of benzene rings is 1. The first kappa shape index (κ1) is 26.3. The summed E-state index contributed by atoms with van der Waals surface area (Å²) in [7, 11) is 3.18. The molecule has 1 amide bonds. The summed E-state index contributed by atoms with van der Waals surface area (Å²) in [4.78, 5) is 23.5. The molecule has 7 nitrogen and oxygen atoms in total. The van der Waals surface area contributed by atoms with Crippen LogP contribution in [0.2, 0.25) is 0 Å². The van der Waals surface area contributed by atoms with E-state index < -0.39 is 11.7 Å². The summed E-state index contributed by atoms with van der Waals surface area (Å²) >= 11 is 0. The standard InChI is InChI=1S/C26H33F3N4O3/c1-35-22-9-4-3-8-20(22)32-19-10-12-33(13-11-19)25(34)23-24(36-2)21(30-16-31-23)15-17-6-5-7-18(14-17)26(27,28)29/h5-7,14,16,19-20,22,32H,3-4,8-13,15H2,1-2H3/t20-,22+/m1/s1. The molecule has 0 bridgehead atoms. The minimum Gasteiger partial charge on any atom is -0.492 e. The second-order valence-electron chi connectivity index (χ2n) is 9.48.